The van der Waals surface area contributed by atoms with Gasteiger partial charge in [-0.3, -0.25) is 4.79 Å². The predicted octanol–water partition coefficient (Wildman–Crippen LogP) is 3.89. The van der Waals surface area contributed by atoms with Crippen LogP contribution in [-0.4, -0.2) is 66.9 Å². The normalized spacial score (nSPS) is 17.6. The fourth-order valence-electron chi connectivity index (χ4n) is 4.05. The van der Waals surface area contributed by atoms with Gasteiger partial charge in [0.25, 0.3) is 0 Å². The summed E-state index contributed by atoms with van der Waals surface area (Å²) in [5.41, 5.74) is 7.61. The topological polar surface area (TPSA) is 124 Å². The lowest BCUT2D eigenvalue weighted by Crippen LogP contribution is -2.45. The van der Waals surface area contributed by atoms with Gasteiger partial charge in [0.05, 0.1) is 16.9 Å². The molecule has 0 aliphatic carbocycles. The molecule has 0 amide bonds. The van der Waals surface area contributed by atoms with E-state index in [0.29, 0.717) is 42.5 Å². The van der Waals surface area contributed by atoms with Crippen molar-refractivity contribution >= 4 is 22.6 Å². The van der Waals surface area contributed by atoms with Gasteiger partial charge in [0, 0.05) is 43.8 Å². The van der Waals surface area contributed by atoms with Crippen LogP contribution >= 0.6 is 0 Å². The third kappa shape index (κ3) is 5.26. The maximum Gasteiger partial charge on any atom is 0.341 e. The number of likely N-dealkylation sites (N-methyl/N-ethyl adjacent to an activating group) is 1. The van der Waals surface area contributed by atoms with Crippen molar-refractivity contribution in [1.82, 2.24) is 9.47 Å². The number of hydrogen-bond acceptors (Lipinski definition) is 6. The fraction of sp³-hybridized carbons (Fsp3) is 0.565. The Balaban J connectivity index is 0.000000350. The van der Waals surface area contributed by atoms with Crippen LogP contribution < -0.4 is 15.1 Å². The van der Waals surface area contributed by atoms with Gasteiger partial charge in [0.2, 0.25) is 5.43 Å². The molecule has 10 nitrogen and oxygen atoms in total. The first-order chi connectivity index (χ1) is 16.1. The summed E-state index contributed by atoms with van der Waals surface area (Å²) in [5, 5.41) is 12.8. The van der Waals surface area contributed by atoms with Crippen molar-refractivity contribution in [2.45, 2.75) is 33.2 Å². The maximum atomic E-state index is 15.0. The Bertz CT molecular complexity index is 1170. The van der Waals surface area contributed by atoms with Crippen LogP contribution in [0.1, 0.15) is 43.6 Å². The van der Waals surface area contributed by atoms with Gasteiger partial charge in [-0.25, -0.2) is 9.18 Å². The molecule has 1 fully saturated rings. The first kappa shape index (κ1) is 25.3. The summed E-state index contributed by atoms with van der Waals surface area (Å²) in [6.07, 6.45) is 2.33. The highest BCUT2D eigenvalue weighted by Gasteiger charge is 2.30. The molecule has 1 N–H and O–H groups in total. The monoisotopic (exact) mass is 474 g/mol. The molecule has 1 unspecified atom stereocenters. The second-order valence-corrected chi connectivity index (χ2v) is 9.10. The van der Waals surface area contributed by atoms with Crippen molar-refractivity contribution in [3.8, 4) is 5.75 Å². The van der Waals surface area contributed by atoms with E-state index >= 15 is 0 Å². The summed E-state index contributed by atoms with van der Waals surface area (Å²) in [6.45, 7) is 9.92. The molecule has 0 saturated carbocycles. The molecular weight excluding hydrogens is 443 g/mol. The minimum atomic E-state index is -1.32. The summed E-state index contributed by atoms with van der Waals surface area (Å²) in [4.78, 5) is 30.7. The van der Waals surface area contributed by atoms with Gasteiger partial charge in [0.1, 0.15) is 17.9 Å². The number of carbonyl (C=O) groups is 1. The number of pyridine rings is 1. The van der Waals surface area contributed by atoms with Crippen LogP contribution in [-0.2, 0) is 0 Å². The molecule has 1 saturated heterocycles. The number of rotatable bonds is 5. The van der Waals surface area contributed by atoms with Gasteiger partial charge in [-0.1, -0.05) is 19.0 Å². The number of azide groups is 1. The highest BCUT2D eigenvalue weighted by atomic mass is 19.1. The Labute approximate surface area is 197 Å². The van der Waals surface area contributed by atoms with Crippen LogP contribution in [0.5, 0.6) is 5.75 Å². The standard InChI is InChI=1S/C18H20FN3O4.C5H11N3/c1-10-9-26-17-14-11(16(23)12(18(24)25)8-22(10)14)7-13(19)15(17)21-5-3-20(2)4-6-21;1-5(2)3-4-7-8-6/h7-8,10H,3-6,9H2,1-2H3,(H,24,25);5H,3-4H2,1-2H3. The average Bonchev–Trinajstić information content (AvgIpc) is 2.78. The largest absolute Gasteiger partial charge is 0.487 e. The number of halogens is 1. The minimum absolute atomic E-state index is 0.0434. The molecule has 11 heteroatoms. The zero-order valence-electron chi connectivity index (χ0n) is 20.0. The average molecular weight is 475 g/mol. The Morgan fingerprint density at radius 3 is 2.62 bits per heavy atom. The lowest BCUT2D eigenvalue weighted by molar-refractivity contribution is 0.0694. The fourth-order valence-corrected chi connectivity index (χ4v) is 4.05. The van der Waals surface area contributed by atoms with E-state index in [2.05, 4.69) is 28.8 Å². The summed E-state index contributed by atoms with van der Waals surface area (Å²) in [6, 6.07) is 0.994. The van der Waals surface area contributed by atoms with E-state index in [4.69, 9.17) is 10.3 Å². The number of carboxylic acids is 1. The van der Waals surface area contributed by atoms with E-state index in [1.807, 2.05) is 18.9 Å². The smallest absolute Gasteiger partial charge is 0.341 e. The quantitative estimate of drug-likeness (QED) is 0.398. The molecule has 1 atom stereocenters. The molecule has 34 heavy (non-hydrogen) atoms. The van der Waals surface area contributed by atoms with Gasteiger partial charge < -0.3 is 24.2 Å². The van der Waals surface area contributed by atoms with Crippen LogP contribution in [0.3, 0.4) is 0 Å². The van der Waals surface area contributed by atoms with E-state index in [0.717, 1.165) is 25.6 Å². The zero-order chi connectivity index (χ0) is 25.0. The van der Waals surface area contributed by atoms with Crippen molar-refractivity contribution in [2.24, 2.45) is 11.0 Å². The minimum Gasteiger partial charge on any atom is -0.487 e. The molecule has 0 spiro atoms. The van der Waals surface area contributed by atoms with E-state index in [1.54, 1.807) is 4.57 Å². The number of anilines is 1. The zero-order valence-corrected chi connectivity index (χ0v) is 20.0. The van der Waals surface area contributed by atoms with Crippen LogP contribution in [0.2, 0.25) is 0 Å². The Kier molecular flexibility index (Phi) is 8.01. The van der Waals surface area contributed by atoms with E-state index < -0.39 is 17.2 Å². The summed E-state index contributed by atoms with van der Waals surface area (Å²) >= 11 is 0. The highest BCUT2D eigenvalue weighted by molar-refractivity contribution is 5.97. The number of carboxylic acid groups (broad SMARTS) is 1. The molecule has 184 valence electrons. The Morgan fingerprint density at radius 2 is 2.03 bits per heavy atom. The highest BCUT2D eigenvalue weighted by Crippen LogP contribution is 2.42. The molecular formula is C23H31FN6O4. The number of ether oxygens (including phenoxy) is 1. The first-order valence-electron chi connectivity index (χ1n) is 11.4. The summed E-state index contributed by atoms with van der Waals surface area (Å²) in [5.74, 6) is -0.903. The maximum absolute atomic E-state index is 15.0. The number of aromatic carboxylic acids is 1. The molecule has 3 heterocycles. The number of aromatic nitrogens is 1. The van der Waals surface area contributed by atoms with Crippen molar-refractivity contribution < 1.29 is 19.0 Å². The Morgan fingerprint density at radius 1 is 1.35 bits per heavy atom. The SMILES string of the molecule is CC(C)CCN=[N+]=[N-].CC1COc2c(N3CCN(C)CC3)c(F)cc3c(=O)c(C(=O)O)cn1c23. The van der Waals surface area contributed by atoms with Crippen LogP contribution in [0, 0.1) is 11.7 Å². The molecule has 2 aliphatic heterocycles. The molecule has 2 aliphatic rings. The lowest BCUT2D eigenvalue weighted by atomic mass is 10.1. The molecule has 1 aromatic heterocycles. The van der Waals surface area contributed by atoms with Crippen molar-refractivity contribution in [1.29, 1.82) is 0 Å². The third-order valence-corrected chi connectivity index (χ3v) is 6.06. The third-order valence-electron chi connectivity index (χ3n) is 6.06. The summed E-state index contributed by atoms with van der Waals surface area (Å²) < 4.78 is 22.6. The van der Waals surface area contributed by atoms with E-state index in [-0.39, 0.29) is 23.6 Å². The van der Waals surface area contributed by atoms with Crippen LogP contribution in [0.15, 0.2) is 22.2 Å². The second kappa shape index (κ2) is 10.8. The van der Waals surface area contributed by atoms with Crippen molar-refractivity contribution in [3.05, 3.63) is 44.3 Å². The van der Waals surface area contributed by atoms with Gasteiger partial charge >= 0.3 is 5.97 Å². The van der Waals surface area contributed by atoms with Gasteiger partial charge in [-0.2, -0.15) is 0 Å². The van der Waals surface area contributed by atoms with Crippen LogP contribution in [0.25, 0.3) is 21.3 Å². The molecule has 4 rings (SSSR count). The number of benzene rings is 1. The summed E-state index contributed by atoms with van der Waals surface area (Å²) in [7, 11) is 2.02. The van der Waals surface area contributed by atoms with Gasteiger partial charge in [-0.15, -0.1) is 0 Å². The second-order valence-electron chi connectivity index (χ2n) is 9.10. The Hall–Kier alpha value is -3.30. The number of nitrogens with zero attached hydrogens (tertiary/aromatic N) is 6. The van der Waals surface area contributed by atoms with Crippen molar-refractivity contribution in [2.75, 3.05) is 51.3 Å². The molecule has 2 aromatic rings. The van der Waals surface area contributed by atoms with Gasteiger partial charge in [0.15, 0.2) is 11.6 Å². The van der Waals surface area contributed by atoms with Crippen LogP contribution in [0.4, 0.5) is 10.1 Å². The number of hydrogen-bond donors (Lipinski definition) is 1. The molecule has 1 aromatic carbocycles. The number of piperazine rings is 1. The van der Waals surface area contributed by atoms with Crippen molar-refractivity contribution in [3.63, 3.8) is 0 Å². The van der Waals surface area contributed by atoms with E-state index in [9.17, 15) is 19.1 Å². The van der Waals surface area contributed by atoms with Gasteiger partial charge in [-0.05, 0) is 37.9 Å². The lowest BCUT2D eigenvalue weighted by Gasteiger charge is -2.37. The van der Waals surface area contributed by atoms with E-state index in [1.165, 1.54) is 6.20 Å². The first-order valence-corrected chi connectivity index (χ1v) is 11.4. The molecule has 0 radical (unpaired) electrons. The molecule has 0 bridgehead atoms. The predicted molar refractivity (Wildman–Crippen MR) is 129 cm³/mol.